The van der Waals surface area contributed by atoms with E-state index < -0.39 is 18.3 Å². The number of fused-ring (bicyclic) bond motifs is 7. The van der Waals surface area contributed by atoms with Crippen molar-refractivity contribution in [3.8, 4) is 11.5 Å². The Bertz CT molecular complexity index is 2740. The van der Waals surface area contributed by atoms with E-state index in [1.54, 1.807) is 6.07 Å². The molecule has 10 rings (SSSR count). The van der Waals surface area contributed by atoms with E-state index in [0.717, 1.165) is 120 Å². The molecule has 11 heteroatoms. The van der Waals surface area contributed by atoms with Crippen molar-refractivity contribution in [3.05, 3.63) is 124 Å². The van der Waals surface area contributed by atoms with Crippen molar-refractivity contribution >= 4 is 27.8 Å². The number of H-pyrrole nitrogens is 2. The van der Waals surface area contributed by atoms with Gasteiger partial charge in [0.25, 0.3) is 0 Å². The minimum Gasteiger partial charge on any atom is -0.504 e. The fourth-order valence-electron chi connectivity index (χ4n) is 13.5. The van der Waals surface area contributed by atoms with E-state index in [0.29, 0.717) is 42.4 Å². The molecule has 70 heavy (non-hydrogen) atoms. The van der Waals surface area contributed by atoms with Gasteiger partial charge in [0.05, 0.1) is 18.8 Å². The molecule has 8 atom stereocenters. The Morgan fingerprint density at radius 2 is 1.77 bits per heavy atom. The number of nitrogens with two attached hydrogens (primary N) is 1. The molecule has 2 fully saturated rings. The van der Waals surface area contributed by atoms with Gasteiger partial charge in [-0.15, -0.1) is 0 Å². The number of phenols is 1. The van der Waals surface area contributed by atoms with E-state index in [9.17, 15) is 25.5 Å². The molecule has 6 aromatic rings. The Kier molecular flexibility index (Phi) is 14.9. The van der Waals surface area contributed by atoms with Gasteiger partial charge in [-0.1, -0.05) is 68.9 Å². The highest BCUT2D eigenvalue weighted by molar-refractivity contribution is 6.01. The molecule has 4 aliphatic rings. The van der Waals surface area contributed by atoms with Crippen LogP contribution in [0.1, 0.15) is 159 Å². The van der Waals surface area contributed by atoms with Crippen molar-refractivity contribution in [3.63, 3.8) is 0 Å². The van der Waals surface area contributed by atoms with Crippen molar-refractivity contribution in [1.82, 2.24) is 15.3 Å². The maximum atomic E-state index is 11.6. The van der Waals surface area contributed by atoms with Crippen molar-refractivity contribution in [2.45, 2.75) is 153 Å². The summed E-state index contributed by atoms with van der Waals surface area (Å²) in [5, 5.41) is 61.1. The van der Waals surface area contributed by atoms with Crippen molar-refractivity contribution < 1.29 is 34.7 Å². The van der Waals surface area contributed by atoms with Crippen LogP contribution in [0, 0.1) is 23.2 Å². The summed E-state index contributed by atoms with van der Waals surface area (Å²) in [6.07, 6.45) is 22.2. The summed E-state index contributed by atoms with van der Waals surface area (Å²) in [6, 6.07) is 20.2. The van der Waals surface area contributed by atoms with Crippen LogP contribution in [0.3, 0.4) is 0 Å². The van der Waals surface area contributed by atoms with Gasteiger partial charge in [0.15, 0.2) is 11.5 Å². The zero-order valence-electron chi connectivity index (χ0n) is 41.1. The van der Waals surface area contributed by atoms with Crippen LogP contribution >= 0.6 is 0 Å². The highest BCUT2D eigenvalue weighted by Crippen LogP contribution is 2.60. The molecule has 0 unspecified atom stereocenters. The molecule has 0 saturated heterocycles. The second kappa shape index (κ2) is 21.5. The molecule has 374 valence electrons. The number of aromatic nitrogens is 2. The largest absolute Gasteiger partial charge is 0.504 e. The van der Waals surface area contributed by atoms with Gasteiger partial charge >= 0.3 is 0 Å². The van der Waals surface area contributed by atoms with E-state index in [-0.39, 0.29) is 30.9 Å². The number of nitrogens with one attached hydrogen (secondary N) is 3. The Hall–Kier alpha value is -4.88. The third kappa shape index (κ3) is 10.4. The number of hydrogen-bond acceptors (Lipinski definition) is 9. The highest BCUT2D eigenvalue weighted by Gasteiger charge is 2.51. The van der Waals surface area contributed by atoms with Crippen LogP contribution in [0.25, 0.3) is 27.8 Å². The van der Waals surface area contributed by atoms with E-state index in [1.807, 2.05) is 31.3 Å². The summed E-state index contributed by atoms with van der Waals surface area (Å²) in [6.45, 7) is 3.14. The average molecular weight is 953 g/mol. The Labute approximate surface area is 412 Å². The number of aliphatic hydroxyl groups excluding tert-OH is 4. The maximum Gasteiger partial charge on any atom is 0.161 e. The first-order valence-electron chi connectivity index (χ1n) is 26.7. The first kappa shape index (κ1) is 48.7. The number of phenolic OH excluding ortho intramolecular Hbond substituents is 1. The molecule has 0 amide bonds. The van der Waals surface area contributed by atoms with E-state index >= 15 is 0 Å². The summed E-state index contributed by atoms with van der Waals surface area (Å²) in [5.41, 5.74) is 15.3. The quantitative estimate of drug-likeness (QED) is 0.0316. The molecule has 1 spiro atoms. The Balaban J connectivity index is 0.682. The van der Waals surface area contributed by atoms with Gasteiger partial charge in [-0.3, -0.25) is 0 Å². The SMILES string of the molecule is C[C@H](O)CNC[C@@H]1c2cc([C@@H](O)COc3cc(CCc4cc(CO)c(CCCCCC[C@H](N)C[C@H]5C=Cc6c(ccc7cc8[nH]ccc8cc67)[C@@H]5O)o4)ccc3O)[nH]c2CC2(CCCC2)[C@H]2CCC[C@@H]12. The normalized spacial score (nSPS) is 22.9. The highest BCUT2D eigenvalue weighted by atomic mass is 16.5. The van der Waals surface area contributed by atoms with Gasteiger partial charge in [-0.05, 0) is 157 Å². The van der Waals surface area contributed by atoms with Gasteiger partial charge in [0, 0.05) is 77.9 Å². The maximum absolute atomic E-state index is 11.6. The monoisotopic (exact) mass is 953 g/mol. The van der Waals surface area contributed by atoms with Crippen molar-refractivity contribution in [1.29, 1.82) is 0 Å². The zero-order valence-corrected chi connectivity index (χ0v) is 41.1. The lowest BCUT2D eigenvalue weighted by atomic mass is 9.66. The first-order valence-corrected chi connectivity index (χ1v) is 26.7. The molecular formula is C59H76N4O7. The number of rotatable bonds is 21. The summed E-state index contributed by atoms with van der Waals surface area (Å²) >= 11 is 0. The minimum absolute atomic E-state index is 0.000597. The number of benzene rings is 3. The molecule has 0 aliphatic heterocycles. The standard InChI is InChI=1S/C59H76N4O7/c1-36(65)32-61-33-49-45-10-8-11-50(45)59(22-6-7-23-59)31-53-48(49)30-52(63-53)55(67)35-69-57-25-37(14-20-54(57)66)13-17-43-27-41(34-64)56(70-43)12-5-3-2-4-9-42(60)26-40-16-18-44-46(58(40)68)19-15-38-29-51-39(21-24-62-51)28-47(38)44/h14-16,18-21,24-25,27-30,36,40,42,45,49-50,55,58,61-68H,2-13,17,22-23,26,31-35,60H2,1H3/t36-,40+,42-,45-,49-,50-,55-,58+/m0/s1. The molecular weight excluding hydrogens is 877 g/mol. The molecule has 11 nitrogen and oxygen atoms in total. The Morgan fingerprint density at radius 3 is 2.61 bits per heavy atom. The predicted molar refractivity (Wildman–Crippen MR) is 277 cm³/mol. The first-order chi connectivity index (χ1) is 34.1. The van der Waals surface area contributed by atoms with Gasteiger partial charge in [-0.25, -0.2) is 0 Å². The summed E-state index contributed by atoms with van der Waals surface area (Å²) in [7, 11) is 0. The van der Waals surface area contributed by atoms with Crippen LogP contribution < -0.4 is 15.8 Å². The lowest BCUT2D eigenvalue weighted by Crippen LogP contribution is -2.36. The molecule has 2 saturated carbocycles. The number of aryl methyl sites for hydroxylation is 3. The summed E-state index contributed by atoms with van der Waals surface area (Å²) in [4.78, 5) is 6.98. The van der Waals surface area contributed by atoms with Gasteiger partial charge in [0.1, 0.15) is 24.2 Å². The van der Waals surface area contributed by atoms with Crippen molar-refractivity contribution in [2.24, 2.45) is 28.9 Å². The topological polar surface area (TPSA) is 193 Å². The van der Waals surface area contributed by atoms with E-state index in [4.69, 9.17) is 14.9 Å². The number of aromatic amines is 2. The van der Waals surface area contributed by atoms with Crippen LogP contribution in [-0.2, 0) is 32.3 Å². The minimum atomic E-state index is -0.895. The van der Waals surface area contributed by atoms with Gasteiger partial charge in [-0.2, -0.15) is 0 Å². The number of aliphatic hydroxyl groups is 4. The Morgan fingerprint density at radius 1 is 0.914 bits per heavy atom. The zero-order chi connectivity index (χ0) is 48.4. The average Bonchev–Trinajstić information content (AvgIpc) is 4.22. The van der Waals surface area contributed by atoms with Crippen LogP contribution in [0.15, 0.2) is 77.4 Å². The fraction of sp³-hybridized carbons (Fsp3) is 0.525. The third-order valence-electron chi connectivity index (χ3n) is 17.0. The van der Waals surface area contributed by atoms with Crippen molar-refractivity contribution in [2.75, 3.05) is 19.7 Å². The summed E-state index contributed by atoms with van der Waals surface area (Å²) < 4.78 is 12.4. The molecule has 0 bridgehead atoms. The smallest absolute Gasteiger partial charge is 0.161 e. The van der Waals surface area contributed by atoms with Crippen LogP contribution in [0.4, 0.5) is 0 Å². The third-order valence-corrected chi connectivity index (χ3v) is 17.0. The molecule has 3 aromatic carbocycles. The van der Waals surface area contributed by atoms with E-state index in [2.05, 4.69) is 63.8 Å². The van der Waals surface area contributed by atoms with Crippen LogP contribution in [-0.4, -0.2) is 67.3 Å². The van der Waals surface area contributed by atoms with Crippen LogP contribution in [0.2, 0.25) is 0 Å². The summed E-state index contributed by atoms with van der Waals surface area (Å²) in [5.74, 6) is 3.66. The molecule has 0 radical (unpaired) electrons. The second-order valence-corrected chi connectivity index (χ2v) is 21.8. The predicted octanol–water partition coefficient (Wildman–Crippen LogP) is 10.5. The van der Waals surface area contributed by atoms with Crippen LogP contribution in [0.5, 0.6) is 11.5 Å². The fourth-order valence-corrected chi connectivity index (χ4v) is 13.5. The number of furan rings is 1. The number of ether oxygens (including phenoxy) is 1. The van der Waals surface area contributed by atoms with Gasteiger partial charge < -0.3 is 55.7 Å². The molecule has 4 aliphatic carbocycles. The van der Waals surface area contributed by atoms with Gasteiger partial charge in [0.2, 0.25) is 0 Å². The second-order valence-electron chi connectivity index (χ2n) is 21.8. The molecule has 10 N–H and O–H groups in total. The number of aromatic hydroxyl groups is 1. The molecule has 3 heterocycles. The lowest BCUT2D eigenvalue weighted by molar-refractivity contribution is 0.101. The number of hydrogen-bond donors (Lipinski definition) is 9. The lowest BCUT2D eigenvalue weighted by Gasteiger charge is -2.39. The van der Waals surface area contributed by atoms with E-state index in [1.165, 1.54) is 61.6 Å². The molecule has 3 aromatic heterocycles. The number of unbranched alkanes of at least 4 members (excludes halogenated alkanes) is 3.